The Labute approximate surface area is 171 Å². The van der Waals surface area contributed by atoms with Crippen molar-refractivity contribution in [3.05, 3.63) is 36.0 Å². The van der Waals surface area contributed by atoms with Crippen molar-refractivity contribution in [2.24, 2.45) is 4.99 Å². The van der Waals surface area contributed by atoms with Gasteiger partial charge in [-0.25, -0.2) is 19.4 Å². The Morgan fingerprint density at radius 2 is 2.10 bits per heavy atom. The Bertz CT molecular complexity index is 889. The molecule has 1 heterocycles. The second kappa shape index (κ2) is 10.7. The van der Waals surface area contributed by atoms with Crippen LogP contribution >= 0.6 is 0 Å². The fraction of sp³-hybridized carbons (Fsp3) is 0.400. The highest BCUT2D eigenvalue weighted by Gasteiger charge is 2.14. The number of halogens is 1. The van der Waals surface area contributed by atoms with Crippen molar-refractivity contribution in [1.82, 2.24) is 15.3 Å². The van der Waals surface area contributed by atoms with Crippen molar-refractivity contribution in [1.29, 1.82) is 0 Å². The number of amides is 1. The second-order valence-corrected chi connectivity index (χ2v) is 6.95. The summed E-state index contributed by atoms with van der Waals surface area (Å²) in [6.45, 7) is 7.76. The highest BCUT2D eigenvalue weighted by molar-refractivity contribution is 6.56. The van der Waals surface area contributed by atoms with Crippen LogP contribution in [0.15, 0.2) is 29.5 Å². The first kappa shape index (κ1) is 22.5. The van der Waals surface area contributed by atoms with E-state index in [-0.39, 0.29) is 29.9 Å². The highest BCUT2D eigenvalue weighted by Crippen LogP contribution is 2.28. The molecule has 29 heavy (non-hydrogen) atoms. The number of nitrogens with zero attached hydrogens (tertiary/aromatic N) is 3. The van der Waals surface area contributed by atoms with E-state index in [1.54, 1.807) is 19.9 Å². The summed E-state index contributed by atoms with van der Waals surface area (Å²) in [5, 5.41) is 14.7. The zero-order valence-corrected chi connectivity index (χ0v) is 17.2. The third kappa shape index (κ3) is 6.64. The lowest BCUT2D eigenvalue weighted by molar-refractivity contribution is -0.114. The molecule has 0 unspecified atom stereocenters. The van der Waals surface area contributed by atoms with Gasteiger partial charge in [-0.3, -0.25) is 4.79 Å². The molecule has 2 aromatic rings. The van der Waals surface area contributed by atoms with Crippen LogP contribution in [-0.2, 0) is 4.79 Å². The van der Waals surface area contributed by atoms with Gasteiger partial charge in [0.05, 0.1) is 5.69 Å². The van der Waals surface area contributed by atoms with Crippen molar-refractivity contribution in [3.63, 3.8) is 0 Å². The Kier molecular flexibility index (Phi) is 8.27. The molecule has 0 saturated heterocycles. The standard InChI is InChI=1S/C20H26BFN5O2/c1-12(2)21-16-10-15(22)6-7-17(16)27-19-18(13(3)24-11-25-19)26-14(4)20(29)23-8-5-9-28/h6-7,10-12,28H,5,8-9H2,1-4H3,(H,23,29)(H,24,25,27). The van der Waals surface area contributed by atoms with Gasteiger partial charge in [0.2, 0.25) is 0 Å². The van der Waals surface area contributed by atoms with Crippen LogP contribution in [0.3, 0.4) is 0 Å². The predicted molar refractivity (Wildman–Crippen MR) is 114 cm³/mol. The molecule has 0 fully saturated rings. The first-order valence-corrected chi connectivity index (χ1v) is 9.49. The summed E-state index contributed by atoms with van der Waals surface area (Å²) >= 11 is 0. The van der Waals surface area contributed by atoms with Crippen LogP contribution in [0.5, 0.6) is 0 Å². The van der Waals surface area contributed by atoms with Gasteiger partial charge in [0.25, 0.3) is 5.91 Å². The molecule has 1 aromatic heterocycles. The zero-order chi connectivity index (χ0) is 21.4. The number of aliphatic hydroxyl groups excluding tert-OH is 1. The molecule has 0 aliphatic heterocycles. The predicted octanol–water partition coefficient (Wildman–Crippen LogP) is 2.42. The van der Waals surface area contributed by atoms with Crippen molar-refractivity contribution in [3.8, 4) is 0 Å². The summed E-state index contributed by atoms with van der Waals surface area (Å²) < 4.78 is 13.7. The summed E-state index contributed by atoms with van der Waals surface area (Å²) in [6.07, 6.45) is 1.88. The molecule has 0 bridgehead atoms. The number of nitrogens with one attached hydrogen (secondary N) is 2. The lowest BCUT2D eigenvalue weighted by atomic mass is 9.60. The highest BCUT2D eigenvalue weighted by atomic mass is 19.1. The average molecular weight is 398 g/mol. The molecule has 2 rings (SSSR count). The maximum atomic E-state index is 13.7. The second-order valence-electron chi connectivity index (χ2n) is 6.95. The van der Waals surface area contributed by atoms with E-state index in [0.717, 1.165) is 0 Å². The molecule has 0 spiro atoms. The van der Waals surface area contributed by atoms with E-state index in [1.807, 2.05) is 21.1 Å². The van der Waals surface area contributed by atoms with Crippen LogP contribution in [0.25, 0.3) is 0 Å². The van der Waals surface area contributed by atoms with Gasteiger partial charge in [-0.15, -0.1) is 0 Å². The number of carbonyl (C=O) groups excluding carboxylic acids is 1. The fourth-order valence-corrected chi connectivity index (χ4v) is 2.59. The normalized spacial score (nSPS) is 11.5. The third-order valence-electron chi connectivity index (χ3n) is 4.01. The van der Waals surface area contributed by atoms with Gasteiger partial charge in [0.1, 0.15) is 23.5 Å². The van der Waals surface area contributed by atoms with Crippen molar-refractivity contribution >= 4 is 41.6 Å². The number of aromatic nitrogens is 2. The van der Waals surface area contributed by atoms with Crippen molar-refractivity contribution in [2.75, 3.05) is 18.5 Å². The van der Waals surface area contributed by atoms with Gasteiger partial charge < -0.3 is 15.7 Å². The number of aliphatic hydroxyl groups is 1. The Morgan fingerprint density at radius 1 is 1.34 bits per heavy atom. The van der Waals surface area contributed by atoms with Crippen LogP contribution in [0.1, 0.15) is 32.9 Å². The van der Waals surface area contributed by atoms with Crippen molar-refractivity contribution in [2.45, 2.75) is 39.9 Å². The largest absolute Gasteiger partial charge is 0.396 e. The number of carbonyl (C=O) groups is 1. The van der Waals surface area contributed by atoms with E-state index >= 15 is 0 Å². The number of aryl methyl sites for hydroxylation is 1. The van der Waals surface area contributed by atoms with Crippen LogP contribution in [0, 0.1) is 12.7 Å². The van der Waals surface area contributed by atoms with E-state index in [0.29, 0.717) is 41.3 Å². The van der Waals surface area contributed by atoms with Crippen LogP contribution < -0.4 is 16.1 Å². The van der Waals surface area contributed by atoms with Crippen LogP contribution in [0.2, 0.25) is 5.82 Å². The lowest BCUT2D eigenvalue weighted by Gasteiger charge is -2.15. The fourth-order valence-electron chi connectivity index (χ4n) is 2.59. The first-order chi connectivity index (χ1) is 13.8. The Morgan fingerprint density at radius 3 is 2.79 bits per heavy atom. The van der Waals surface area contributed by atoms with Gasteiger partial charge in [0.15, 0.2) is 13.1 Å². The van der Waals surface area contributed by atoms with Gasteiger partial charge in [-0.2, -0.15) is 0 Å². The molecule has 0 aliphatic rings. The molecule has 3 N–H and O–H groups in total. The molecule has 0 atom stereocenters. The molecular formula is C20H26BFN5O2. The van der Waals surface area contributed by atoms with E-state index in [4.69, 9.17) is 5.11 Å². The first-order valence-electron chi connectivity index (χ1n) is 9.49. The summed E-state index contributed by atoms with van der Waals surface area (Å²) in [7, 11) is 1.95. The number of anilines is 2. The lowest BCUT2D eigenvalue weighted by Crippen LogP contribution is -2.30. The molecule has 153 valence electrons. The molecule has 7 nitrogen and oxygen atoms in total. The maximum Gasteiger partial charge on any atom is 0.265 e. The molecule has 0 aliphatic carbocycles. The molecule has 1 amide bonds. The van der Waals surface area contributed by atoms with Crippen LogP contribution in [0.4, 0.5) is 21.6 Å². The summed E-state index contributed by atoms with van der Waals surface area (Å²) in [5.41, 5.74) is 2.67. The van der Waals surface area contributed by atoms with Gasteiger partial charge in [-0.1, -0.05) is 25.1 Å². The summed E-state index contributed by atoms with van der Waals surface area (Å²) in [4.78, 5) is 25.0. The van der Waals surface area contributed by atoms with Crippen molar-refractivity contribution < 1.29 is 14.3 Å². The van der Waals surface area contributed by atoms with E-state index in [1.165, 1.54) is 18.5 Å². The monoisotopic (exact) mass is 398 g/mol. The number of benzene rings is 1. The average Bonchev–Trinajstić information content (AvgIpc) is 2.66. The quantitative estimate of drug-likeness (QED) is 0.342. The summed E-state index contributed by atoms with van der Waals surface area (Å²) in [5.74, 6) is -0.00455. The number of rotatable bonds is 9. The topological polar surface area (TPSA) is 99.5 Å². The number of hydrogen-bond donors (Lipinski definition) is 3. The SMILES string of the molecule is CC(=Nc1c(C)ncnc1Nc1ccc(F)cc1[B]C(C)C)C(=O)NCCCO. The van der Waals surface area contributed by atoms with Crippen LogP contribution in [-0.4, -0.2) is 47.1 Å². The van der Waals surface area contributed by atoms with Gasteiger partial charge in [0, 0.05) is 18.8 Å². The van der Waals surface area contributed by atoms with Gasteiger partial charge in [-0.05, 0) is 38.5 Å². The van der Waals surface area contributed by atoms with E-state index in [2.05, 4.69) is 25.6 Å². The molecule has 9 heteroatoms. The number of aliphatic imine (C=N–C) groups is 1. The Hall–Kier alpha value is -2.81. The number of hydrogen-bond acceptors (Lipinski definition) is 6. The smallest absolute Gasteiger partial charge is 0.265 e. The molecule has 1 radical (unpaired) electrons. The van der Waals surface area contributed by atoms with E-state index < -0.39 is 0 Å². The Balaban J connectivity index is 2.34. The minimum atomic E-state index is -0.330. The van der Waals surface area contributed by atoms with Gasteiger partial charge >= 0.3 is 0 Å². The summed E-state index contributed by atoms with van der Waals surface area (Å²) in [6, 6.07) is 4.47. The minimum absolute atomic E-state index is 0.00354. The third-order valence-corrected chi connectivity index (χ3v) is 4.01. The maximum absolute atomic E-state index is 13.7. The van der Waals surface area contributed by atoms with E-state index in [9.17, 15) is 9.18 Å². The molecule has 1 aromatic carbocycles. The zero-order valence-electron chi connectivity index (χ0n) is 17.2. The minimum Gasteiger partial charge on any atom is -0.396 e. The molecular weight excluding hydrogens is 372 g/mol. The molecule has 0 saturated carbocycles.